The van der Waals surface area contributed by atoms with Crippen molar-refractivity contribution < 1.29 is 0 Å². The van der Waals surface area contributed by atoms with Crippen molar-refractivity contribution in [2.24, 2.45) is 0 Å². The molecule has 0 amide bonds. The largest absolute Gasteiger partial charge is 0.326 e. The quantitative estimate of drug-likeness (QED) is 0.699. The minimum absolute atomic E-state index is 0.869. The van der Waals surface area contributed by atoms with Gasteiger partial charge in [-0.1, -0.05) is 40.2 Å². The summed E-state index contributed by atoms with van der Waals surface area (Å²) in [6.45, 7) is 0.869. The van der Waals surface area contributed by atoms with Gasteiger partial charge in [0.05, 0.1) is 6.54 Å². The topological polar surface area (TPSA) is 17.8 Å². The molecule has 0 spiro atoms. The van der Waals surface area contributed by atoms with Crippen LogP contribution in [0, 0.1) is 0 Å². The molecule has 0 aliphatic rings. The van der Waals surface area contributed by atoms with Crippen LogP contribution in [-0.4, -0.2) is 9.55 Å². The Morgan fingerprint density at radius 1 is 1.17 bits per heavy atom. The maximum atomic E-state index is 4.47. The van der Waals surface area contributed by atoms with Gasteiger partial charge >= 0.3 is 0 Å². The van der Waals surface area contributed by atoms with Crippen LogP contribution in [-0.2, 0) is 6.54 Å². The van der Waals surface area contributed by atoms with Crippen LogP contribution >= 0.6 is 27.3 Å². The lowest BCUT2D eigenvalue weighted by atomic mass is 10.2. The Kier molecular flexibility index (Phi) is 3.30. The molecule has 0 saturated heterocycles. The van der Waals surface area contributed by atoms with E-state index in [1.807, 2.05) is 30.6 Å². The van der Waals surface area contributed by atoms with Crippen LogP contribution in [0.3, 0.4) is 0 Å². The molecule has 0 unspecified atom stereocenters. The predicted molar refractivity (Wildman–Crippen MR) is 78.8 cm³/mol. The molecule has 0 atom stereocenters. The van der Waals surface area contributed by atoms with Gasteiger partial charge in [-0.3, -0.25) is 0 Å². The lowest BCUT2D eigenvalue weighted by Crippen LogP contribution is -1.99. The first-order chi connectivity index (χ1) is 8.84. The molecule has 0 radical (unpaired) electrons. The van der Waals surface area contributed by atoms with Gasteiger partial charge in [-0.25, -0.2) is 4.98 Å². The van der Waals surface area contributed by atoms with E-state index in [1.165, 1.54) is 4.88 Å². The molecule has 3 rings (SSSR count). The molecule has 18 heavy (non-hydrogen) atoms. The fraction of sp³-hybridized carbons (Fsp3) is 0.0714. The van der Waals surface area contributed by atoms with E-state index in [0.29, 0.717) is 0 Å². The van der Waals surface area contributed by atoms with Crippen LogP contribution in [0.25, 0.3) is 11.4 Å². The van der Waals surface area contributed by atoms with Crippen molar-refractivity contribution >= 4 is 27.3 Å². The predicted octanol–water partition coefficient (Wildman–Crippen LogP) is 4.42. The van der Waals surface area contributed by atoms with Crippen molar-refractivity contribution in [3.63, 3.8) is 0 Å². The van der Waals surface area contributed by atoms with E-state index in [4.69, 9.17) is 0 Å². The Bertz CT molecular complexity index is 643. The Morgan fingerprint density at radius 2 is 2.06 bits per heavy atom. The molecular formula is C14H11BrN2S. The van der Waals surface area contributed by atoms with Crippen molar-refractivity contribution in [3.8, 4) is 11.4 Å². The van der Waals surface area contributed by atoms with Gasteiger partial charge in [-0.15, -0.1) is 11.3 Å². The fourth-order valence-corrected chi connectivity index (χ4v) is 3.06. The first-order valence-electron chi connectivity index (χ1n) is 5.63. The number of nitrogens with zero attached hydrogens (tertiary/aromatic N) is 2. The molecule has 2 nitrogen and oxygen atoms in total. The molecule has 2 aromatic heterocycles. The number of thiophene rings is 1. The molecular weight excluding hydrogens is 308 g/mol. The van der Waals surface area contributed by atoms with Crippen LogP contribution in [0.15, 0.2) is 58.6 Å². The van der Waals surface area contributed by atoms with Gasteiger partial charge in [-0.05, 0) is 17.5 Å². The van der Waals surface area contributed by atoms with Gasteiger partial charge in [0.2, 0.25) is 0 Å². The zero-order valence-electron chi connectivity index (χ0n) is 9.58. The molecule has 0 bridgehead atoms. The second kappa shape index (κ2) is 5.08. The maximum Gasteiger partial charge on any atom is 0.141 e. The number of rotatable bonds is 3. The van der Waals surface area contributed by atoms with Gasteiger partial charge in [0.15, 0.2) is 0 Å². The lowest BCUT2D eigenvalue weighted by Gasteiger charge is -2.08. The number of aromatic nitrogens is 2. The molecule has 0 N–H and O–H groups in total. The second-order valence-electron chi connectivity index (χ2n) is 3.94. The number of halogens is 1. The highest BCUT2D eigenvalue weighted by atomic mass is 79.9. The smallest absolute Gasteiger partial charge is 0.141 e. The number of imidazole rings is 1. The normalized spacial score (nSPS) is 10.7. The summed E-state index contributed by atoms with van der Waals surface area (Å²) in [5, 5.41) is 2.10. The number of hydrogen-bond donors (Lipinski definition) is 0. The van der Waals surface area contributed by atoms with Crippen LogP contribution in [0.1, 0.15) is 4.88 Å². The third-order valence-corrected chi connectivity index (χ3v) is 4.29. The first kappa shape index (κ1) is 11.7. The zero-order chi connectivity index (χ0) is 12.4. The van der Waals surface area contributed by atoms with E-state index in [1.54, 1.807) is 11.3 Å². The average molecular weight is 319 g/mol. The monoisotopic (exact) mass is 318 g/mol. The minimum atomic E-state index is 0.869. The molecule has 0 saturated carbocycles. The standard InChI is InChI=1S/C14H11BrN2S/c15-13-6-2-1-5-12(13)14-16-7-8-17(14)10-11-4-3-9-18-11/h1-9H,10H2. The SMILES string of the molecule is Brc1ccccc1-c1nccn1Cc1cccs1. The van der Waals surface area contributed by atoms with E-state index in [0.717, 1.165) is 22.4 Å². The van der Waals surface area contributed by atoms with E-state index in [2.05, 4.69) is 49.1 Å². The Morgan fingerprint density at radius 3 is 2.83 bits per heavy atom. The van der Waals surface area contributed by atoms with Gasteiger partial charge in [0, 0.05) is 27.3 Å². The summed E-state index contributed by atoms with van der Waals surface area (Å²) in [6.07, 6.45) is 3.87. The van der Waals surface area contributed by atoms with Gasteiger partial charge in [0.25, 0.3) is 0 Å². The first-order valence-corrected chi connectivity index (χ1v) is 7.30. The average Bonchev–Trinajstić information content (AvgIpc) is 3.02. The van der Waals surface area contributed by atoms with Crippen molar-refractivity contribution in [2.75, 3.05) is 0 Å². The Balaban J connectivity index is 1.99. The van der Waals surface area contributed by atoms with Crippen molar-refractivity contribution in [2.45, 2.75) is 6.54 Å². The summed E-state index contributed by atoms with van der Waals surface area (Å²) in [7, 11) is 0. The van der Waals surface area contributed by atoms with E-state index >= 15 is 0 Å². The summed E-state index contributed by atoms with van der Waals surface area (Å²) in [5.41, 5.74) is 1.12. The lowest BCUT2D eigenvalue weighted by molar-refractivity contribution is 0.819. The molecule has 0 fully saturated rings. The molecule has 3 aromatic rings. The van der Waals surface area contributed by atoms with E-state index in [9.17, 15) is 0 Å². The molecule has 2 heterocycles. The summed E-state index contributed by atoms with van der Waals surface area (Å²) in [6, 6.07) is 12.4. The molecule has 4 heteroatoms. The third kappa shape index (κ3) is 2.26. The minimum Gasteiger partial charge on any atom is -0.326 e. The fourth-order valence-electron chi connectivity index (χ4n) is 1.89. The van der Waals surface area contributed by atoms with Gasteiger partial charge in [0.1, 0.15) is 5.82 Å². The third-order valence-electron chi connectivity index (χ3n) is 2.74. The zero-order valence-corrected chi connectivity index (χ0v) is 12.0. The summed E-state index contributed by atoms with van der Waals surface area (Å²) in [5.74, 6) is 0.996. The molecule has 0 aliphatic carbocycles. The van der Waals surface area contributed by atoms with Crippen LogP contribution in [0.5, 0.6) is 0 Å². The summed E-state index contributed by atoms with van der Waals surface area (Å²) >= 11 is 5.35. The van der Waals surface area contributed by atoms with Gasteiger partial charge in [-0.2, -0.15) is 0 Å². The molecule has 1 aromatic carbocycles. The highest BCUT2D eigenvalue weighted by Gasteiger charge is 2.09. The second-order valence-corrected chi connectivity index (χ2v) is 5.82. The molecule has 0 aliphatic heterocycles. The van der Waals surface area contributed by atoms with Crippen molar-refractivity contribution in [1.82, 2.24) is 9.55 Å². The van der Waals surface area contributed by atoms with Crippen LogP contribution in [0.2, 0.25) is 0 Å². The van der Waals surface area contributed by atoms with Crippen molar-refractivity contribution in [1.29, 1.82) is 0 Å². The molecule has 90 valence electrons. The maximum absolute atomic E-state index is 4.47. The van der Waals surface area contributed by atoms with Crippen LogP contribution < -0.4 is 0 Å². The van der Waals surface area contributed by atoms with E-state index in [-0.39, 0.29) is 0 Å². The van der Waals surface area contributed by atoms with E-state index < -0.39 is 0 Å². The summed E-state index contributed by atoms with van der Waals surface area (Å²) in [4.78, 5) is 5.80. The van der Waals surface area contributed by atoms with Gasteiger partial charge < -0.3 is 4.57 Å². The van der Waals surface area contributed by atoms with Crippen molar-refractivity contribution in [3.05, 3.63) is 63.5 Å². The Hall–Kier alpha value is -1.39. The Labute approximate surface area is 118 Å². The highest BCUT2D eigenvalue weighted by molar-refractivity contribution is 9.10. The highest BCUT2D eigenvalue weighted by Crippen LogP contribution is 2.27. The van der Waals surface area contributed by atoms with Crippen LogP contribution in [0.4, 0.5) is 0 Å². The number of benzene rings is 1. The summed E-state index contributed by atoms with van der Waals surface area (Å²) < 4.78 is 3.25. The number of hydrogen-bond acceptors (Lipinski definition) is 2.